The Bertz CT molecular complexity index is 336. The number of rotatable bonds is 7. The number of likely N-dealkylation sites (N-methyl/N-ethyl adjacent to an activating group) is 1. The van der Waals surface area contributed by atoms with Crippen LogP contribution in [-0.2, 0) is 11.3 Å². The van der Waals surface area contributed by atoms with E-state index >= 15 is 0 Å². The van der Waals surface area contributed by atoms with Gasteiger partial charge in [0.05, 0.1) is 26.3 Å². The largest absolute Gasteiger partial charge is 0.385 e. The van der Waals surface area contributed by atoms with Crippen molar-refractivity contribution in [3.05, 3.63) is 22.4 Å². The summed E-state index contributed by atoms with van der Waals surface area (Å²) in [6.07, 6.45) is 6.38. The number of aliphatic hydroxyl groups is 1. The fourth-order valence-electron chi connectivity index (χ4n) is 2.88. The summed E-state index contributed by atoms with van der Waals surface area (Å²) >= 11 is 1.70. The molecule has 0 amide bonds. The third-order valence-corrected chi connectivity index (χ3v) is 4.84. The molecule has 1 unspecified atom stereocenters. The number of nitrogens with one attached hydrogen (secondary N) is 1. The van der Waals surface area contributed by atoms with Crippen molar-refractivity contribution in [1.82, 2.24) is 0 Å². The number of quaternary nitrogens is 1. The Morgan fingerprint density at radius 1 is 1.42 bits per heavy atom. The Balaban J connectivity index is 1.61. The zero-order chi connectivity index (χ0) is 13.5. The van der Waals surface area contributed by atoms with Crippen molar-refractivity contribution in [2.45, 2.75) is 50.9 Å². The molecule has 1 aromatic heterocycles. The molecule has 2 N–H and O–H groups in total. The molecule has 1 heterocycles. The van der Waals surface area contributed by atoms with Gasteiger partial charge in [0.2, 0.25) is 0 Å². The monoisotopic (exact) mass is 284 g/mol. The van der Waals surface area contributed by atoms with Crippen molar-refractivity contribution >= 4 is 11.3 Å². The maximum Gasteiger partial charge on any atom is 0.126 e. The lowest BCUT2D eigenvalue weighted by atomic mass is 9.94. The highest BCUT2D eigenvalue weighted by Gasteiger charge is 2.23. The summed E-state index contributed by atoms with van der Waals surface area (Å²) in [5.41, 5.74) is 0. The molecule has 19 heavy (non-hydrogen) atoms. The smallest absolute Gasteiger partial charge is 0.126 e. The average molecular weight is 284 g/mol. The minimum absolute atomic E-state index is 0.345. The lowest BCUT2D eigenvalue weighted by molar-refractivity contribution is -0.910. The standard InChI is InChI=1S/C15H25NO2S/c1-16(13-6-3-2-4-7-13)10-14(17)11-18-12-15-8-5-9-19-15/h5,8-9,13-14,17H,2-4,6-7,10-12H2,1H3/p+1/t14-/m0/s1. The van der Waals surface area contributed by atoms with Crippen LogP contribution in [-0.4, -0.2) is 37.5 Å². The van der Waals surface area contributed by atoms with Gasteiger partial charge >= 0.3 is 0 Å². The highest BCUT2D eigenvalue weighted by Crippen LogP contribution is 2.15. The lowest BCUT2D eigenvalue weighted by Gasteiger charge is -2.29. The molecular weight excluding hydrogens is 258 g/mol. The van der Waals surface area contributed by atoms with Crippen LogP contribution in [0.3, 0.4) is 0 Å². The van der Waals surface area contributed by atoms with E-state index in [1.165, 1.54) is 41.9 Å². The summed E-state index contributed by atoms with van der Waals surface area (Å²) in [6, 6.07) is 4.83. The Kier molecular flexibility index (Phi) is 6.31. The maximum atomic E-state index is 10.0. The van der Waals surface area contributed by atoms with Gasteiger partial charge in [0.25, 0.3) is 0 Å². The maximum absolute atomic E-state index is 10.0. The van der Waals surface area contributed by atoms with Crippen molar-refractivity contribution in [2.24, 2.45) is 0 Å². The molecule has 1 aliphatic carbocycles. The second-order valence-electron chi connectivity index (χ2n) is 5.63. The summed E-state index contributed by atoms with van der Waals surface area (Å²) in [5.74, 6) is 0. The van der Waals surface area contributed by atoms with Crippen molar-refractivity contribution in [1.29, 1.82) is 0 Å². The van der Waals surface area contributed by atoms with Crippen LogP contribution in [0.4, 0.5) is 0 Å². The SMILES string of the molecule is C[NH+](C[C@H](O)COCc1cccs1)C1CCCCC1. The summed E-state index contributed by atoms with van der Waals surface area (Å²) in [5, 5.41) is 12.1. The van der Waals surface area contributed by atoms with Gasteiger partial charge in [-0.1, -0.05) is 12.5 Å². The quantitative estimate of drug-likeness (QED) is 0.795. The van der Waals surface area contributed by atoms with Crippen molar-refractivity contribution < 1.29 is 14.7 Å². The highest BCUT2D eigenvalue weighted by atomic mass is 32.1. The van der Waals surface area contributed by atoms with Crippen LogP contribution in [0.1, 0.15) is 37.0 Å². The second-order valence-corrected chi connectivity index (χ2v) is 6.67. The Morgan fingerprint density at radius 3 is 2.89 bits per heavy atom. The normalized spacial score (nSPS) is 20.3. The third kappa shape index (κ3) is 5.22. The Morgan fingerprint density at radius 2 is 2.21 bits per heavy atom. The van der Waals surface area contributed by atoms with Gasteiger partial charge in [-0.2, -0.15) is 0 Å². The number of thiophene rings is 1. The van der Waals surface area contributed by atoms with Gasteiger partial charge in [0.1, 0.15) is 12.6 Å². The third-order valence-electron chi connectivity index (χ3n) is 3.99. The summed E-state index contributed by atoms with van der Waals surface area (Å²) in [6.45, 7) is 1.87. The fraction of sp³-hybridized carbons (Fsp3) is 0.733. The first kappa shape index (κ1) is 15.0. The molecule has 0 saturated heterocycles. The molecule has 1 aromatic rings. The van der Waals surface area contributed by atoms with E-state index in [9.17, 15) is 5.11 Å². The van der Waals surface area contributed by atoms with Gasteiger partial charge in [-0.3, -0.25) is 0 Å². The molecule has 0 aliphatic heterocycles. The van der Waals surface area contributed by atoms with E-state index in [0.29, 0.717) is 13.2 Å². The molecule has 4 heteroatoms. The van der Waals surface area contributed by atoms with Crippen LogP contribution < -0.4 is 4.90 Å². The predicted molar refractivity (Wildman–Crippen MR) is 78.6 cm³/mol. The van der Waals surface area contributed by atoms with Crippen LogP contribution in [0, 0.1) is 0 Å². The topological polar surface area (TPSA) is 33.9 Å². The van der Waals surface area contributed by atoms with Gasteiger partial charge in [-0.25, -0.2) is 0 Å². The van der Waals surface area contributed by atoms with Crippen LogP contribution >= 0.6 is 11.3 Å². The van der Waals surface area contributed by atoms with E-state index in [1.807, 2.05) is 6.07 Å². The average Bonchev–Trinajstić information content (AvgIpc) is 2.93. The van der Waals surface area contributed by atoms with Crippen molar-refractivity contribution in [3.8, 4) is 0 Å². The summed E-state index contributed by atoms with van der Waals surface area (Å²) in [7, 11) is 2.21. The van der Waals surface area contributed by atoms with Gasteiger partial charge in [0, 0.05) is 4.88 Å². The molecule has 0 bridgehead atoms. The number of hydrogen-bond donors (Lipinski definition) is 2. The molecule has 0 aromatic carbocycles. The van der Waals surface area contributed by atoms with Crippen LogP contribution in [0.5, 0.6) is 0 Å². The minimum Gasteiger partial charge on any atom is -0.385 e. The Hall–Kier alpha value is -0.420. The highest BCUT2D eigenvalue weighted by molar-refractivity contribution is 7.09. The summed E-state index contributed by atoms with van der Waals surface area (Å²) < 4.78 is 5.58. The number of ether oxygens (including phenoxy) is 1. The molecule has 1 fully saturated rings. The van der Waals surface area contributed by atoms with Gasteiger partial charge in [-0.15, -0.1) is 11.3 Å². The molecule has 0 spiro atoms. The number of aliphatic hydroxyl groups excluding tert-OH is 1. The molecule has 1 aliphatic rings. The fourth-order valence-corrected chi connectivity index (χ4v) is 3.52. The number of hydrogen-bond acceptors (Lipinski definition) is 3. The molecule has 3 nitrogen and oxygen atoms in total. The zero-order valence-electron chi connectivity index (χ0n) is 11.8. The van der Waals surface area contributed by atoms with Crippen LogP contribution in [0.2, 0.25) is 0 Å². The molecule has 2 rings (SSSR count). The van der Waals surface area contributed by atoms with Gasteiger partial charge in [0.15, 0.2) is 0 Å². The second kappa shape index (κ2) is 8.00. The predicted octanol–water partition coefficient (Wildman–Crippen LogP) is 1.47. The zero-order valence-corrected chi connectivity index (χ0v) is 12.6. The van der Waals surface area contributed by atoms with E-state index in [0.717, 1.165) is 12.6 Å². The molecule has 2 atom stereocenters. The molecular formula is C15H26NO2S+. The lowest BCUT2D eigenvalue weighted by Crippen LogP contribution is -3.14. The first-order chi connectivity index (χ1) is 9.25. The van der Waals surface area contributed by atoms with E-state index in [4.69, 9.17) is 4.74 Å². The van der Waals surface area contributed by atoms with E-state index in [2.05, 4.69) is 18.5 Å². The first-order valence-electron chi connectivity index (χ1n) is 7.36. The van der Waals surface area contributed by atoms with Crippen LogP contribution in [0.15, 0.2) is 17.5 Å². The van der Waals surface area contributed by atoms with E-state index < -0.39 is 0 Å². The van der Waals surface area contributed by atoms with E-state index in [-0.39, 0.29) is 6.10 Å². The Labute approximate surface area is 120 Å². The van der Waals surface area contributed by atoms with Crippen LogP contribution in [0.25, 0.3) is 0 Å². The molecule has 0 radical (unpaired) electrons. The molecule has 108 valence electrons. The minimum atomic E-state index is -0.345. The van der Waals surface area contributed by atoms with E-state index in [1.54, 1.807) is 11.3 Å². The van der Waals surface area contributed by atoms with Crippen molar-refractivity contribution in [3.63, 3.8) is 0 Å². The summed E-state index contributed by atoms with van der Waals surface area (Å²) in [4.78, 5) is 2.69. The first-order valence-corrected chi connectivity index (χ1v) is 8.24. The van der Waals surface area contributed by atoms with Crippen molar-refractivity contribution in [2.75, 3.05) is 20.2 Å². The molecule has 1 saturated carbocycles. The van der Waals surface area contributed by atoms with Gasteiger partial charge < -0.3 is 14.7 Å². The van der Waals surface area contributed by atoms with Gasteiger partial charge in [-0.05, 0) is 37.1 Å².